The average molecular weight is 377 g/mol. The lowest BCUT2D eigenvalue weighted by Gasteiger charge is -2.04. The number of esters is 2. The van der Waals surface area contributed by atoms with E-state index in [0.29, 0.717) is 0 Å². The van der Waals surface area contributed by atoms with E-state index in [1.807, 2.05) is 42.5 Å². The molecule has 0 aliphatic rings. The van der Waals surface area contributed by atoms with E-state index in [-0.39, 0.29) is 18.0 Å². The van der Waals surface area contributed by atoms with Gasteiger partial charge in [0, 0.05) is 24.3 Å². The van der Waals surface area contributed by atoms with Crippen LogP contribution >= 0.6 is 0 Å². The number of non-ortho nitro benzene ring substituents is 1. The Bertz CT molecular complexity index is 1060. The average Bonchev–Trinajstić information content (AvgIpc) is 2.71. The number of rotatable bonds is 6. The second-order valence-corrected chi connectivity index (χ2v) is 5.79. The van der Waals surface area contributed by atoms with E-state index in [0.717, 1.165) is 28.5 Å². The largest absolute Gasteiger partial charge is 0.458 e. The van der Waals surface area contributed by atoms with Gasteiger partial charge in [-0.15, -0.1) is 0 Å². The second kappa shape index (κ2) is 8.59. The Morgan fingerprint density at radius 3 is 2.29 bits per heavy atom. The molecule has 3 aromatic carbocycles. The molecule has 0 spiro atoms. The molecule has 0 bridgehead atoms. The number of hydrogen-bond acceptors (Lipinski definition) is 6. The van der Waals surface area contributed by atoms with E-state index < -0.39 is 16.9 Å². The third-order valence-electron chi connectivity index (χ3n) is 3.82. The molecular weight excluding hydrogens is 362 g/mol. The monoisotopic (exact) mass is 377 g/mol. The Morgan fingerprint density at radius 1 is 0.893 bits per heavy atom. The molecule has 3 aromatic rings. The lowest BCUT2D eigenvalue weighted by molar-refractivity contribution is -0.384. The molecule has 0 atom stereocenters. The smallest absolute Gasteiger partial charge is 0.336 e. The van der Waals surface area contributed by atoms with Crippen molar-refractivity contribution in [2.45, 2.75) is 6.61 Å². The first kappa shape index (κ1) is 18.8. The topological polar surface area (TPSA) is 95.7 Å². The number of carbonyl (C=O) groups is 2. The molecule has 7 nitrogen and oxygen atoms in total. The SMILES string of the molecule is O=C(/C=C/C(=O)Oc1ccc([N+](=O)[O-])cc1)OCc1ccc2ccccc2c1. The molecule has 7 heteroatoms. The van der Waals surface area contributed by atoms with Gasteiger partial charge in [-0.05, 0) is 34.5 Å². The number of hydrogen-bond donors (Lipinski definition) is 0. The van der Waals surface area contributed by atoms with Crippen LogP contribution in [0.15, 0.2) is 78.9 Å². The predicted octanol–water partition coefficient (Wildman–Crippen LogP) is 3.95. The van der Waals surface area contributed by atoms with Crippen LogP contribution in [0.1, 0.15) is 5.56 Å². The molecule has 0 fully saturated rings. The van der Waals surface area contributed by atoms with Crippen molar-refractivity contribution in [3.8, 4) is 5.75 Å². The normalized spacial score (nSPS) is 10.7. The highest BCUT2D eigenvalue weighted by Crippen LogP contribution is 2.18. The van der Waals surface area contributed by atoms with Gasteiger partial charge in [0.1, 0.15) is 12.4 Å². The Hall–Kier alpha value is -4.00. The molecule has 0 aromatic heterocycles. The first-order valence-corrected chi connectivity index (χ1v) is 8.30. The van der Waals surface area contributed by atoms with Crippen molar-refractivity contribution in [1.29, 1.82) is 0 Å². The quantitative estimate of drug-likeness (QED) is 0.212. The van der Waals surface area contributed by atoms with Gasteiger partial charge in [0.15, 0.2) is 0 Å². The number of nitro benzene ring substituents is 1. The van der Waals surface area contributed by atoms with Crippen LogP contribution < -0.4 is 4.74 Å². The molecular formula is C21H15NO6. The van der Waals surface area contributed by atoms with E-state index in [9.17, 15) is 19.7 Å². The second-order valence-electron chi connectivity index (χ2n) is 5.79. The highest BCUT2D eigenvalue weighted by Gasteiger charge is 2.07. The highest BCUT2D eigenvalue weighted by atomic mass is 16.6. The zero-order chi connectivity index (χ0) is 19.9. The van der Waals surface area contributed by atoms with Crippen LogP contribution in [0.5, 0.6) is 5.75 Å². The third-order valence-corrected chi connectivity index (χ3v) is 3.82. The summed E-state index contributed by atoms with van der Waals surface area (Å²) in [5, 5.41) is 12.7. The summed E-state index contributed by atoms with van der Waals surface area (Å²) in [6, 6.07) is 18.6. The van der Waals surface area contributed by atoms with Gasteiger partial charge in [-0.2, -0.15) is 0 Å². The number of fused-ring (bicyclic) bond motifs is 1. The lowest BCUT2D eigenvalue weighted by atomic mass is 10.1. The molecule has 0 radical (unpaired) electrons. The maximum Gasteiger partial charge on any atom is 0.336 e. The molecule has 0 heterocycles. The van der Waals surface area contributed by atoms with E-state index in [1.165, 1.54) is 24.3 Å². The van der Waals surface area contributed by atoms with E-state index in [1.54, 1.807) is 0 Å². The molecule has 0 aliphatic heterocycles. The first-order chi connectivity index (χ1) is 13.5. The molecule has 3 rings (SSSR count). The minimum Gasteiger partial charge on any atom is -0.458 e. The Balaban J connectivity index is 1.51. The molecule has 0 aliphatic carbocycles. The summed E-state index contributed by atoms with van der Waals surface area (Å²) in [5.41, 5.74) is 0.710. The maximum atomic E-state index is 11.8. The van der Waals surface area contributed by atoms with Gasteiger partial charge in [-0.1, -0.05) is 36.4 Å². The van der Waals surface area contributed by atoms with Crippen molar-refractivity contribution >= 4 is 28.4 Å². The van der Waals surface area contributed by atoms with Gasteiger partial charge < -0.3 is 9.47 Å². The highest BCUT2D eigenvalue weighted by molar-refractivity contribution is 5.92. The van der Waals surface area contributed by atoms with Crippen molar-refractivity contribution < 1.29 is 24.0 Å². The molecule has 0 saturated heterocycles. The third kappa shape index (κ3) is 5.01. The van der Waals surface area contributed by atoms with E-state index >= 15 is 0 Å². The van der Waals surface area contributed by atoms with Gasteiger partial charge >= 0.3 is 11.9 Å². The predicted molar refractivity (Wildman–Crippen MR) is 102 cm³/mol. The zero-order valence-electron chi connectivity index (χ0n) is 14.6. The first-order valence-electron chi connectivity index (χ1n) is 8.30. The summed E-state index contributed by atoms with van der Waals surface area (Å²) in [5.74, 6) is -1.35. The van der Waals surface area contributed by atoms with Crippen molar-refractivity contribution in [2.75, 3.05) is 0 Å². The fourth-order valence-corrected chi connectivity index (χ4v) is 2.45. The van der Waals surface area contributed by atoms with Gasteiger partial charge in [-0.25, -0.2) is 9.59 Å². The fourth-order valence-electron chi connectivity index (χ4n) is 2.45. The number of benzene rings is 3. The van der Waals surface area contributed by atoms with Crippen LogP contribution in [0.25, 0.3) is 10.8 Å². The van der Waals surface area contributed by atoms with Crippen LogP contribution in [-0.4, -0.2) is 16.9 Å². The summed E-state index contributed by atoms with van der Waals surface area (Å²) in [6.07, 6.45) is 1.90. The number of ether oxygens (including phenoxy) is 2. The molecule has 0 N–H and O–H groups in total. The Morgan fingerprint density at radius 2 is 1.57 bits per heavy atom. The number of carbonyl (C=O) groups excluding carboxylic acids is 2. The fraction of sp³-hybridized carbons (Fsp3) is 0.0476. The summed E-state index contributed by atoms with van der Waals surface area (Å²) in [4.78, 5) is 33.5. The van der Waals surface area contributed by atoms with Crippen molar-refractivity contribution in [2.24, 2.45) is 0 Å². The molecule has 140 valence electrons. The minimum atomic E-state index is -0.795. The van der Waals surface area contributed by atoms with Gasteiger partial charge in [0.05, 0.1) is 4.92 Å². The molecule has 0 saturated carbocycles. The summed E-state index contributed by atoms with van der Waals surface area (Å²) >= 11 is 0. The van der Waals surface area contributed by atoms with Crippen molar-refractivity contribution in [3.05, 3.63) is 94.6 Å². The summed E-state index contributed by atoms with van der Waals surface area (Å²) in [6.45, 7) is 0.0748. The van der Waals surface area contributed by atoms with Gasteiger partial charge in [0.2, 0.25) is 0 Å². The van der Waals surface area contributed by atoms with Gasteiger partial charge in [-0.3, -0.25) is 10.1 Å². The van der Waals surface area contributed by atoms with Crippen LogP contribution in [-0.2, 0) is 20.9 Å². The lowest BCUT2D eigenvalue weighted by Crippen LogP contribution is -2.06. The molecule has 0 unspecified atom stereocenters. The van der Waals surface area contributed by atoms with Crippen molar-refractivity contribution in [1.82, 2.24) is 0 Å². The van der Waals surface area contributed by atoms with Crippen LogP contribution in [0.4, 0.5) is 5.69 Å². The van der Waals surface area contributed by atoms with Gasteiger partial charge in [0.25, 0.3) is 5.69 Å². The molecule has 28 heavy (non-hydrogen) atoms. The summed E-state index contributed by atoms with van der Waals surface area (Å²) < 4.78 is 10.1. The van der Waals surface area contributed by atoms with E-state index in [4.69, 9.17) is 9.47 Å². The number of nitrogens with zero attached hydrogens (tertiary/aromatic N) is 1. The van der Waals surface area contributed by atoms with Crippen LogP contribution in [0.3, 0.4) is 0 Å². The molecule has 0 amide bonds. The number of nitro groups is 1. The van der Waals surface area contributed by atoms with E-state index in [2.05, 4.69) is 0 Å². The van der Waals surface area contributed by atoms with Crippen molar-refractivity contribution in [3.63, 3.8) is 0 Å². The zero-order valence-corrected chi connectivity index (χ0v) is 14.6. The minimum absolute atomic E-state index is 0.0748. The Labute approximate surface area is 160 Å². The Kier molecular flexibility index (Phi) is 5.76. The van der Waals surface area contributed by atoms with Crippen LogP contribution in [0, 0.1) is 10.1 Å². The summed E-state index contributed by atoms with van der Waals surface area (Å²) in [7, 11) is 0. The maximum absolute atomic E-state index is 11.8. The van der Waals surface area contributed by atoms with Crippen LogP contribution in [0.2, 0.25) is 0 Å². The standard InChI is InChI=1S/C21H15NO6/c23-20(27-14-15-5-6-16-3-1-2-4-17(16)13-15)11-12-21(24)28-19-9-7-18(8-10-19)22(25)26/h1-13H,14H2/b12-11+.